The van der Waals surface area contributed by atoms with Gasteiger partial charge >= 0.3 is 0 Å². The van der Waals surface area contributed by atoms with Gasteiger partial charge in [-0.15, -0.1) is 0 Å². The predicted octanol–water partition coefficient (Wildman–Crippen LogP) is 5.23. The molecule has 1 saturated carbocycles. The molecule has 0 spiro atoms. The molecule has 2 aromatic carbocycles. The highest BCUT2D eigenvalue weighted by molar-refractivity contribution is 5.94. The van der Waals surface area contributed by atoms with Crippen LogP contribution in [0.2, 0.25) is 0 Å². The summed E-state index contributed by atoms with van der Waals surface area (Å²) in [4.78, 5) is 29.8. The number of carbonyl (C=O) groups is 2. The van der Waals surface area contributed by atoms with Gasteiger partial charge in [-0.05, 0) is 43.0 Å². The van der Waals surface area contributed by atoms with E-state index < -0.39 is 6.04 Å². The number of Topliss-reactive ketones (excluding diaryl/α,β-unsaturated/α-hetero) is 1. The van der Waals surface area contributed by atoms with Gasteiger partial charge in [0.15, 0.2) is 5.58 Å². The number of carbonyl (C=O) groups excluding carboxylic acids is 2. The lowest BCUT2D eigenvalue weighted by Crippen LogP contribution is -2.41. The van der Waals surface area contributed by atoms with E-state index in [2.05, 4.69) is 21.7 Å². The number of benzene rings is 2. The Balaban J connectivity index is 1.32. The van der Waals surface area contributed by atoms with E-state index in [0.29, 0.717) is 41.2 Å². The number of oxazole rings is 1. The van der Waals surface area contributed by atoms with Crippen molar-refractivity contribution in [3.05, 3.63) is 60.0 Å². The summed E-state index contributed by atoms with van der Waals surface area (Å²) in [6, 6.07) is 16.3. The van der Waals surface area contributed by atoms with E-state index in [9.17, 15) is 14.9 Å². The second-order valence-electron chi connectivity index (χ2n) is 8.90. The molecule has 1 aliphatic rings. The fourth-order valence-corrected chi connectivity index (χ4v) is 4.56. The molecule has 0 saturated heterocycles. The third-order valence-electron chi connectivity index (χ3n) is 6.40. The Kier molecular flexibility index (Phi) is 7.92. The van der Waals surface area contributed by atoms with Crippen molar-refractivity contribution >= 4 is 28.5 Å². The van der Waals surface area contributed by atoms with Crippen molar-refractivity contribution in [3.8, 4) is 6.07 Å². The van der Waals surface area contributed by atoms with E-state index in [-0.39, 0.29) is 24.0 Å². The molecule has 0 radical (unpaired) electrons. The fraction of sp³-hybridized carbons (Fsp3) is 0.407. The number of hydrogen-bond donors (Lipinski definition) is 2. The number of rotatable bonds is 10. The number of aromatic nitrogens is 1. The van der Waals surface area contributed by atoms with Crippen LogP contribution in [0.15, 0.2) is 52.9 Å². The van der Waals surface area contributed by atoms with Crippen LogP contribution in [0, 0.1) is 17.2 Å². The standard InChI is InChI=1S/C27H30N4O3/c28-18-20-11-4-5-12-21(20)30-23(17-19-9-2-1-3-10-19)26(33)29-16-8-14-24(32)27-31-22-13-6-7-15-25(22)34-27/h4-7,11-13,15,19,23,30H,1-3,8-10,14,16-17H2,(H,29,33). The third-order valence-corrected chi connectivity index (χ3v) is 6.40. The van der Waals surface area contributed by atoms with Crippen LogP contribution >= 0.6 is 0 Å². The summed E-state index contributed by atoms with van der Waals surface area (Å²) in [5.74, 6) is 0.322. The molecule has 1 heterocycles. The Bertz CT molecular complexity index is 1140. The average molecular weight is 459 g/mol. The summed E-state index contributed by atoms with van der Waals surface area (Å²) >= 11 is 0. The summed E-state index contributed by atoms with van der Waals surface area (Å²) in [5.41, 5.74) is 2.45. The molecule has 1 fully saturated rings. The molecule has 1 unspecified atom stereocenters. The van der Waals surface area contributed by atoms with E-state index in [1.807, 2.05) is 30.3 Å². The Morgan fingerprint density at radius 1 is 1.09 bits per heavy atom. The number of para-hydroxylation sites is 3. The van der Waals surface area contributed by atoms with Gasteiger partial charge < -0.3 is 15.1 Å². The lowest BCUT2D eigenvalue weighted by molar-refractivity contribution is -0.122. The first-order valence-corrected chi connectivity index (χ1v) is 12.1. The second-order valence-corrected chi connectivity index (χ2v) is 8.90. The van der Waals surface area contributed by atoms with Gasteiger partial charge in [-0.3, -0.25) is 9.59 Å². The smallest absolute Gasteiger partial charge is 0.264 e. The fourth-order valence-electron chi connectivity index (χ4n) is 4.56. The first-order valence-electron chi connectivity index (χ1n) is 12.1. The van der Waals surface area contributed by atoms with E-state index in [4.69, 9.17) is 4.42 Å². The molecule has 176 valence electrons. The number of nitrogens with one attached hydrogen (secondary N) is 2. The summed E-state index contributed by atoms with van der Waals surface area (Å²) in [5, 5.41) is 15.7. The minimum absolute atomic E-state index is 0.104. The van der Waals surface area contributed by atoms with E-state index in [0.717, 1.165) is 19.3 Å². The molecule has 4 rings (SSSR count). The number of fused-ring (bicyclic) bond motifs is 1. The van der Waals surface area contributed by atoms with Gasteiger partial charge in [-0.25, -0.2) is 4.98 Å². The van der Waals surface area contributed by atoms with Crippen LogP contribution in [0.4, 0.5) is 5.69 Å². The van der Waals surface area contributed by atoms with Crippen LogP contribution in [-0.4, -0.2) is 29.3 Å². The van der Waals surface area contributed by atoms with Crippen molar-refractivity contribution < 1.29 is 14.0 Å². The Morgan fingerprint density at radius 2 is 1.85 bits per heavy atom. The molecular weight excluding hydrogens is 428 g/mol. The molecule has 3 aromatic rings. The van der Waals surface area contributed by atoms with Gasteiger partial charge in [0.2, 0.25) is 11.7 Å². The van der Waals surface area contributed by atoms with Gasteiger partial charge in [0.05, 0.1) is 11.3 Å². The maximum Gasteiger partial charge on any atom is 0.264 e. The molecule has 7 heteroatoms. The maximum absolute atomic E-state index is 13.1. The van der Waals surface area contributed by atoms with Gasteiger partial charge in [-0.2, -0.15) is 5.26 Å². The number of hydrogen-bond acceptors (Lipinski definition) is 6. The van der Waals surface area contributed by atoms with Crippen molar-refractivity contribution in [3.63, 3.8) is 0 Å². The Hall–Kier alpha value is -3.66. The summed E-state index contributed by atoms with van der Waals surface area (Å²) in [7, 11) is 0. The van der Waals surface area contributed by atoms with Crippen LogP contribution < -0.4 is 10.6 Å². The van der Waals surface area contributed by atoms with Gasteiger partial charge in [-0.1, -0.05) is 56.4 Å². The Morgan fingerprint density at radius 3 is 2.65 bits per heavy atom. The topological polar surface area (TPSA) is 108 Å². The Labute approximate surface area is 199 Å². The van der Waals surface area contributed by atoms with Crippen molar-refractivity contribution in [2.75, 3.05) is 11.9 Å². The molecule has 1 aromatic heterocycles. The number of nitriles is 1. The molecule has 2 N–H and O–H groups in total. The van der Waals surface area contributed by atoms with E-state index in [1.165, 1.54) is 19.3 Å². The number of amides is 1. The second kappa shape index (κ2) is 11.5. The quantitative estimate of drug-likeness (QED) is 0.318. The highest BCUT2D eigenvalue weighted by atomic mass is 16.4. The SMILES string of the molecule is N#Cc1ccccc1NC(CC1CCCCC1)C(=O)NCCCC(=O)c1nc2ccccc2o1. The van der Waals surface area contributed by atoms with Crippen molar-refractivity contribution in [1.82, 2.24) is 10.3 Å². The van der Waals surface area contributed by atoms with Crippen LogP contribution in [-0.2, 0) is 4.79 Å². The molecule has 0 aliphatic heterocycles. The van der Waals surface area contributed by atoms with Crippen LogP contribution in [0.5, 0.6) is 0 Å². The monoisotopic (exact) mass is 458 g/mol. The molecule has 1 aliphatic carbocycles. The number of anilines is 1. The van der Waals surface area contributed by atoms with Crippen LogP contribution in [0.3, 0.4) is 0 Å². The normalized spacial score (nSPS) is 14.9. The summed E-state index contributed by atoms with van der Waals surface area (Å²) in [6.45, 7) is 0.382. The maximum atomic E-state index is 13.1. The summed E-state index contributed by atoms with van der Waals surface area (Å²) in [6.07, 6.45) is 7.38. The zero-order valence-electron chi connectivity index (χ0n) is 19.3. The van der Waals surface area contributed by atoms with Crippen molar-refractivity contribution in [1.29, 1.82) is 5.26 Å². The molecule has 7 nitrogen and oxygen atoms in total. The highest BCUT2D eigenvalue weighted by Gasteiger charge is 2.25. The number of nitrogens with zero attached hydrogens (tertiary/aromatic N) is 2. The zero-order valence-corrected chi connectivity index (χ0v) is 19.3. The molecule has 34 heavy (non-hydrogen) atoms. The lowest BCUT2D eigenvalue weighted by Gasteiger charge is -2.27. The van der Waals surface area contributed by atoms with Crippen LogP contribution in [0.25, 0.3) is 11.1 Å². The predicted molar refractivity (Wildman–Crippen MR) is 130 cm³/mol. The van der Waals surface area contributed by atoms with Crippen molar-refractivity contribution in [2.24, 2.45) is 5.92 Å². The third kappa shape index (κ3) is 6.02. The molecular formula is C27H30N4O3. The average Bonchev–Trinajstić information content (AvgIpc) is 3.31. The zero-order chi connectivity index (χ0) is 23.8. The number of ketones is 1. The minimum atomic E-state index is -0.426. The van der Waals surface area contributed by atoms with Gasteiger partial charge in [0.1, 0.15) is 17.6 Å². The largest absolute Gasteiger partial charge is 0.434 e. The van der Waals surface area contributed by atoms with E-state index >= 15 is 0 Å². The van der Waals surface area contributed by atoms with Crippen molar-refractivity contribution in [2.45, 2.75) is 57.4 Å². The van der Waals surface area contributed by atoms with E-state index in [1.54, 1.807) is 18.2 Å². The first-order chi connectivity index (χ1) is 16.6. The minimum Gasteiger partial charge on any atom is -0.434 e. The molecule has 1 amide bonds. The highest BCUT2D eigenvalue weighted by Crippen LogP contribution is 2.29. The summed E-state index contributed by atoms with van der Waals surface area (Å²) < 4.78 is 5.53. The lowest BCUT2D eigenvalue weighted by atomic mass is 9.84. The first kappa shape index (κ1) is 23.5. The van der Waals surface area contributed by atoms with Crippen LogP contribution in [0.1, 0.15) is 67.6 Å². The van der Waals surface area contributed by atoms with Gasteiger partial charge in [0, 0.05) is 13.0 Å². The van der Waals surface area contributed by atoms with Gasteiger partial charge in [0.25, 0.3) is 5.89 Å². The molecule has 1 atom stereocenters. The molecule has 0 bridgehead atoms.